The lowest BCUT2D eigenvalue weighted by Crippen LogP contribution is -2.36. The van der Waals surface area contributed by atoms with Crippen molar-refractivity contribution in [3.8, 4) is 0 Å². The van der Waals surface area contributed by atoms with Gasteiger partial charge in [-0.05, 0) is 18.4 Å². The summed E-state index contributed by atoms with van der Waals surface area (Å²) >= 11 is 0. The number of benzene rings is 1. The Morgan fingerprint density at radius 3 is 2.50 bits per heavy atom. The third-order valence-corrected chi connectivity index (χ3v) is 3.19. The predicted octanol–water partition coefficient (Wildman–Crippen LogP) is 3.53. The maximum Gasteiger partial charge on any atom is 0.331 e. The molecule has 0 saturated heterocycles. The summed E-state index contributed by atoms with van der Waals surface area (Å²) < 4.78 is 0. The van der Waals surface area contributed by atoms with Gasteiger partial charge in [-0.2, -0.15) is 0 Å². The summed E-state index contributed by atoms with van der Waals surface area (Å²) in [6.07, 6.45) is 4.65. The topological polar surface area (TPSA) is 49.7 Å². The van der Waals surface area contributed by atoms with Crippen molar-refractivity contribution in [1.29, 1.82) is 0 Å². The van der Waals surface area contributed by atoms with E-state index in [4.69, 9.17) is 0 Å². The average Bonchev–Trinajstić information content (AvgIpc) is 2.40. The number of carbonyl (C=O) groups is 1. The summed E-state index contributed by atoms with van der Waals surface area (Å²) in [7, 11) is 0. The number of hydrogen-bond donors (Lipinski definition) is 1. The van der Waals surface area contributed by atoms with Gasteiger partial charge in [0.05, 0.1) is 0 Å². The van der Waals surface area contributed by atoms with Crippen molar-refractivity contribution in [1.82, 2.24) is 0 Å². The summed E-state index contributed by atoms with van der Waals surface area (Å²) in [5, 5.41) is 9.41. The molecule has 1 rings (SSSR count). The van der Waals surface area contributed by atoms with E-state index in [0.29, 0.717) is 12.8 Å². The highest BCUT2D eigenvalue weighted by Gasteiger charge is 2.34. The van der Waals surface area contributed by atoms with Crippen LogP contribution in [0.4, 0.5) is 0 Å². The third-order valence-electron chi connectivity index (χ3n) is 3.19. The van der Waals surface area contributed by atoms with E-state index >= 15 is 0 Å². The number of unbranched alkanes of at least 4 members (excludes halogenated alkanes) is 1. The fourth-order valence-electron chi connectivity index (χ4n) is 1.85. The van der Waals surface area contributed by atoms with E-state index in [9.17, 15) is 9.90 Å². The molecule has 0 aliphatic carbocycles. The first-order valence-electron chi connectivity index (χ1n) is 6.48. The van der Waals surface area contributed by atoms with Crippen LogP contribution in [0.2, 0.25) is 0 Å². The van der Waals surface area contributed by atoms with E-state index < -0.39 is 11.5 Å². The number of aliphatic imine (C=N–C) groups is 1. The Morgan fingerprint density at radius 2 is 2.00 bits per heavy atom. The molecular weight excluding hydrogens is 226 g/mol. The molecule has 1 aromatic carbocycles. The van der Waals surface area contributed by atoms with Crippen LogP contribution >= 0.6 is 0 Å². The molecule has 0 fully saturated rings. The maximum atomic E-state index is 11.5. The molecule has 1 N–H and O–H groups in total. The molecule has 0 aliphatic rings. The molecule has 0 heterocycles. The van der Waals surface area contributed by atoms with Gasteiger partial charge in [-0.1, -0.05) is 57.0 Å². The molecule has 0 spiro atoms. The summed E-state index contributed by atoms with van der Waals surface area (Å²) in [4.78, 5) is 15.8. The second-order valence-electron chi connectivity index (χ2n) is 4.46. The molecule has 0 aromatic heterocycles. The van der Waals surface area contributed by atoms with Crippen LogP contribution in [0.3, 0.4) is 0 Å². The fraction of sp³-hybridized carbons (Fsp3) is 0.467. The molecule has 0 bridgehead atoms. The average molecular weight is 247 g/mol. The first kappa shape index (κ1) is 14.4. The lowest BCUT2D eigenvalue weighted by molar-refractivity contribution is -0.143. The molecule has 98 valence electrons. The monoisotopic (exact) mass is 247 g/mol. The number of hydrogen-bond acceptors (Lipinski definition) is 2. The van der Waals surface area contributed by atoms with Crippen molar-refractivity contribution in [2.75, 3.05) is 0 Å². The minimum absolute atomic E-state index is 0.520. The van der Waals surface area contributed by atoms with Gasteiger partial charge in [0.2, 0.25) is 0 Å². The summed E-state index contributed by atoms with van der Waals surface area (Å²) in [6, 6.07) is 9.61. The Hall–Kier alpha value is -1.64. The summed E-state index contributed by atoms with van der Waals surface area (Å²) in [5.74, 6) is -0.828. The third kappa shape index (κ3) is 3.69. The zero-order valence-corrected chi connectivity index (χ0v) is 11.1. The Balaban J connectivity index is 2.90. The second kappa shape index (κ2) is 6.94. The molecule has 3 nitrogen and oxygen atoms in total. The van der Waals surface area contributed by atoms with Crippen LogP contribution in [0.1, 0.15) is 45.1 Å². The van der Waals surface area contributed by atoms with Gasteiger partial charge in [0.25, 0.3) is 0 Å². The Morgan fingerprint density at radius 1 is 1.33 bits per heavy atom. The molecule has 1 unspecified atom stereocenters. The molecular formula is C15H21NO2. The molecule has 3 heteroatoms. The smallest absolute Gasteiger partial charge is 0.331 e. The van der Waals surface area contributed by atoms with E-state index in [-0.39, 0.29) is 0 Å². The molecule has 1 atom stereocenters. The van der Waals surface area contributed by atoms with E-state index in [2.05, 4.69) is 11.9 Å². The number of carboxylic acids is 1. The maximum absolute atomic E-state index is 11.5. The zero-order chi connectivity index (χ0) is 13.4. The van der Waals surface area contributed by atoms with Gasteiger partial charge in [-0.25, -0.2) is 4.79 Å². The predicted molar refractivity (Wildman–Crippen MR) is 74.2 cm³/mol. The molecule has 0 saturated carbocycles. The van der Waals surface area contributed by atoms with Crippen molar-refractivity contribution in [3.63, 3.8) is 0 Å². The molecule has 0 aliphatic heterocycles. The van der Waals surface area contributed by atoms with Crippen molar-refractivity contribution in [3.05, 3.63) is 35.9 Å². The molecule has 0 radical (unpaired) electrons. The molecule has 18 heavy (non-hydrogen) atoms. The van der Waals surface area contributed by atoms with Crippen molar-refractivity contribution < 1.29 is 9.90 Å². The molecule has 1 aromatic rings. The standard InChI is InChI=1S/C15H21NO2/c1-3-5-11-15(4-2,14(17)18)16-12-13-9-7-6-8-10-13/h6-10,12H,3-5,11H2,1-2H3,(H,17,18). The summed E-state index contributed by atoms with van der Waals surface area (Å²) in [6.45, 7) is 3.94. The number of aliphatic carboxylic acids is 1. The van der Waals surface area contributed by atoms with Crippen LogP contribution in [-0.2, 0) is 4.79 Å². The van der Waals surface area contributed by atoms with Gasteiger partial charge in [0.1, 0.15) is 0 Å². The first-order chi connectivity index (χ1) is 8.64. The van der Waals surface area contributed by atoms with Crippen molar-refractivity contribution in [2.45, 2.75) is 45.1 Å². The van der Waals surface area contributed by atoms with Gasteiger partial charge in [-0.3, -0.25) is 4.99 Å². The Labute approximate surface area is 109 Å². The van der Waals surface area contributed by atoms with Crippen LogP contribution < -0.4 is 0 Å². The fourth-order valence-corrected chi connectivity index (χ4v) is 1.85. The quantitative estimate of drug-likeness (QED) is 0.749. The number of rotatable bonds is 7. The van der Waals surface area contributed by atoms with Crippen molar-refractivity contribution in [2.24, 2.45) is 4.99 Å². The zero-order valence-electron chi connectivity index (χ0n) is 11.1. The van der Waals surface area contributed by atoms with E-state index in [1.807, 2.05) is 37.3 Å². The number of nitrogens with zero attached hydrogens (tertiary/aromatic N) is 1. The normalized spacial score (nSPS) is 14.6. The lowest BCUT2D eigenvalue weighted by Gasteiger charge is -2.23. The van der Waals surface area contributed by atoms with Crippen LogP contribution in [0.15, 0.2) is 35.3 Å². The van der Waals surface area contributed by atoms with Gasteiger partial charge < -0.3 is 5.11 Å². The minimum atomic E-state index is -0.966. The number of carboxylic acid groups (broad SMARTS) is 1. The highest BCUT2D eigenvalue weighted by Crippen LogP contribution is 2.24. The largest absolute Gasteiger partial charge is 0.479 e. The van der Waals surface area contributed by atoms with Crippen LogP contribution in [0, 0.1) is 0 Å². The van der Waals surface area contributed by atoms with Crippen LogP contribution in [-0.4, -0.2) is 22.8 Å². The van der Waals surface area contributed by atoms with E-state index in [0.717, 1.165) is 18.4 Å². The Kier molecular flexibility index (Phi) is 5.56. The van der Waals surface area contributed by atoms with E-state index in [1.165, 1.54) is 0 Å². The second-order valence-corrected chi connectivity index (χ2v) is 4.46. The highest BCUT2D eigenvalue weighted by atomic mass is 16.4. The van der Waals surface area contributed by atoms with Crippen LogP contribution in [0.5, 0.6) is 0 Å². The van der Waals surface area contributed by atoms with E-state index in [1.54, 1.807) is 6.21 Å². The minimum Gasteiger partial charge on any atom is -0.479 e. The van der Waals surface area contributed by atoms with Gasteiger partial charge in [0, 0.05) is 6.21 Å². The Bertz CT molecular complexity index is 400. The van der Waals surface area contributed by atoms with Crippen LogP contribution in [0.25, 0.3) is 0 Å². The first-order valence-corrected chi connectivity index (χ1v) is 6.48. The van der Waals surface area contributed by atoms with Gasteiger partial charge >= 0.3 is 5.97 Å². The highest BCUT2D eigenvalue weighted by molar-refractivity contribution is 5.85. The van der Waals surface area contributed by atoms with Crippen molar-refractivity contribution >= 4 is 12.2 Å². The SMILES string of the molecule is CCCCC(CC)(N=Cc1ccccc1)C(=O)O. The lowest BCUT2D eigenvalue weighted by atomic mass is 9.90. The van der Waals surface area contributed by atoms with Gasteiger partial charge in [-0.15, -0.1) is 0 Å². The van der Waals surface area contributed by atoms with Gasteiger partial charge in [0.15, 0.2) is 5.54 Å². The summed E-state index contributed by atoms with van der Waals surface area (Å²) in [5.41, 5.74) is -0.0284. The molecule has 0 amide bonds.